The first kappa shape index (κ1) is 15.2. The average Bonchev–Trinajstić information content (AvgIpc) is 2.36. The van der Waals surface area contributed by atoms with Crippen LogP contribution in [0.15, 0.2) is 0 Å². The molecular weight excluding hydrogens is 232 g/mol. The molecular formula is C13H26N2O3. The fourth-order valence-corrected chi connectivity index (χ4v) is 1.99. The summed E-state index contributed by atoms with van der Waals surface area (Å²) in [5, 5.41) is 3.00. The zero-order valence-electron chi connectivity index (χ0n) is 12.0. The summed E-state index contributed by atoms with van der Waals surface area (Å²) in [6.45, 7) is 8.74. The smallest absolute Gasteiger partial charge is 0.317 e. The van der Waals surface area contributed by atoms with Crippen molar-refractivity contribution in [2.45, 2.75) is 45.3 Å². The van der Waals surface area contributed by atoms with Crippen molar-refractivity contribution in [2.75, 3.05) is 33.4 Å². The summed E-state index contributed by atoms with van der Waals surface area (Å²) in [4.78, 5) is 13.9. The summed E-state index contributed by atoms with van der Waals surface area (Å²) >= 11 is 0. The van der Waals surface area contributed by atoms with E-state index >= 15 is 0 Å². The van der Waals surface area contributed by atoms with Gasteiger partial charge in [0.25, 0.3) is 0 Å². The zero-order valence-corrected chi connectivity index (χ0v) is 12.0. The van der Waals surface area contributed by atoms with E-state index in [0.29, 0.717) is 26.3 Å². The fourth-order valence-electron chi connectivity index (χ4n) is 1.99. The number of carbonyl (C=O) groups is 1. The van der Waals surface area contributed by atoms with Crippen molar-refractivity contribution in [3.05, 3.63) is 0 Å². The predicted octanol–water partition coefficient (Wildman–Crippen LogP) is 1.62. The van der Waals surface area contributed by atoms with Gasteiger partial charge >= 0.3 is 6.03 Å². The van der Waals surface area contributed by atoms with E-state index in [-0.39, 0.29) is 17.7 Å². The molecule has 0 radical (unpaired) electrons. The molecule has 5 nitrogen and oxygen atoms in total. The van der Waals surface area contributed by atoms with Crippen LogP contribution >= 0.6 is 0 Å². The highest BCUT2D eigenvalue weighted by atomic mass is 16.5. The third kappa shape index (κ3) is 4.46. The summed E-state index contributed by atoms with van der Waals surface area (Å²) in [6, 6.07) is 0.134. The Morgan fingerprint density at radius 3 is 2.94 bits per heavy atom. The average molecular weight is 258 g/mol. The van der Waals surface area contributed by atoms with Gasteiger partial charge in [-0.2, -0.15) is 0 Å². The van der Waals surface area contributed by atoms with E-state index in [9.17, 15) is 4.79 Å². The van der Waals surface area contributed by atoms with Crippen molar-refractivity contribution in [2.24, 2.45) is 0 Å². The number of ether oxygens (including phenoxy) is 2. The number of urea groups is 1. The van der Waals surface area contributed by atoms with Crippen LogP contribution in [0.2, 0.25) is 0 Å². The van der Waals surface area contributed by atoms with Crippen molar-refractivity contribution < 1.29 is 14.3 Å². The van der Waals surface area contributed by atoms with Crippen molar-refractivity contribution in [1.82, 2.24) is 10.2 Å². The Labute approximate surface area is 110 Å². The minimum absolute atomic E-state index is 0.00146. The van der Waals surface area contributed by atoms with Crippen molar-refractivity contribution in [3.8, 4) is 0 Å². The lowest BCUT2D eigenvalue weighted by Crippen LogP contribution is -2.55. The highest BCUT2D eigenvalue weighted by Crippen LogP contribution is 2.20. The molecule has 1 N–H and O–H groups in total. The highest BCUT2D eigenvalue weighted by Gasteiger charge is 2.32. The summed E-state index contributed by atoms with van der Waals surface area (Å²) in [5.41, 5.74) is -0.203. The highest BCUT2D eigenvalue weighted by molar-refractivity contribution is 5.74. The van der Waals surface area contributed by atoms with Gasteiger partial charge < -0.3 is 19.7 Å². The number of nitrogens with one attached hydrogen (secondary N) is 1. The molecule has 0 aromatic heterocycles. The molecule has 0 aliphatic carbocycles. The molecule has 1 aliphatic heterocycles. The number of hydrogen-bond donors (Lipinski definition) is 1. The number of rotatable bonds is 5. The van der Waals surface area contributed by atoms with Gasteiger partial charge in [0, 0.05) is 26.3 Å². The maximum Gasteiger partial charge on any atom is 0.317 e. The minimum Gasteiger partial charge on any atom is -0.385 e. The van der Waals surface area contributed by atoms with Crippen LogP contribution in [0.3, 0.4) is 0 Å². The monoisotopic (exact) mass is 258 g/mol. The molecule has 0 spiro atoms. The molecule has 1 fully saturated rings. The van der Waals surface area contributed by atoms with Gasteiger partial charge in [0.2, 0.25) is 0 Å². The Bertz CT molecular complexity index is 273. The SMILES string of the molecule is CC[C@@]1(C)CN(C(=O)N[C@H](C)CCOC)CCO1. The number of methoxy groups -OCH3 is 1. The number of hydrogen-bond acceptors (Lipinski definition) is 3. The molecule has 1 saturated heterocycles. The standard InChI is InChI=1S/C13H26N2O3/c1-5-13(3)10-15(7-9-18-13)12(16)14-11(2)6-8-17-4/h11H,5-10H2,1-4H3,(H,14,16)/t11-,13+/m1/s1. The molecule has 5 heteroatoms. The molecule has 0 unspecified atom stereocenters. The van der Waals surface area contributed by atoms with Gasteiger partial charge in [-0.3, -0.25) is 0 Å². The van der Waals surface area contributed by atoms with Gasteiger partial charge in [0.1, 0.15) is 0 Å². The number of nitrogens with zero attached hydrogens (tertiary/aromatic N) is 1. The summed E-state index contributed by atoms with van der Waals surface area (Å²) in [6.07, 6.45) is 1.74. The van der Waals surface area contributed by atoms with Crippen LogP contribution in [-0.2, 0) is 9.47 Å². The molecule has 106 valence electrons. The Hall–Kier alpha value is -0.810. The maximum absolute atomic E-state index is 12.1. The summed E-state index contributed by atoms with van der Waals surface area (Å²) < 4.78 is 10.7. The Morgan fingerprint density at radius 1 is 1.61 bits per heavy atom. The lowest BCUT2D eigenvalue weighted by atomic mass is 10.0. The van der Waals surface area contributed by atoms with Crippen LogP contribution < -0.4 is 5.32 Å². The summed E-state index contributed by atoms with van der Waals surface area (Å²) in [5.74, 6) is 0. The molecule has 2 amide bonds. The topological polar surface area (TPSA) is 50.8 Å². The first-order valence-electron chi connectivity index (χ1n) is 6.69. The normalized spacial score (nSPS) is 25.9. The molecule has 1 rings (SSSR count). The van der Waals surface area contributed by atoms with E-state index in [1.165, 1.54) is 0 Å². The molecule has 0 aromatic rings. The second kappa shape index (κ2) is 6.95. The van der Waals surface area contributed by atoms with E-state index in [2.05, 4.69) is 19.2 Å². The first-order valence-corrected chi connectivity index (χ1v) is 6.69. The largest absolute Gasteiger partial charge is 0.385 e. The number of carbonyl (C=O) groups excluding carboxylic acids is 1. The van der Waals surface area contributed by atoms with Crippen LogP contribution in [0, 0.1) is 0 Å². The lowest BCUT2D eigenvalue weighted by Gasteiger charge is -2.40. The number of amides is 2. The van der Waals surface area contributed by atoms with Gasteiger partial charge in [-0.15, -0.1) is 0 Å². The van der Waals surface area contributed by atoms with Crippen LogP contribution in [-0.4, -0.2) is 56.0 Å². The summed E-state index contributed by atoms with van der Waals surface area (Å²) in [7, 11) is 1.67. The third-order valence-electron chi connectivity index (χ3n) is 3.50. The van der Waals surface area contributed by atoms with Crippen molar-refractivity contribution >= 4 is 6.03 Å². The van der Waals surface area contributed by atoms with Gasteiger partial charge in [-0.05, 0) is 26.7 Å². The second-order valence-electron chi connectivity index (χ2n) is 5.21. The van der Waals surface area contributed by atoms with Crippen LogP contribution in [0.4, 0.5) is 4.79 Å². The fraction of sp³-hybridized carbons (Fsp3) is 0.923. The minimum atomic E-state index is -0.203. The predicted molar refractivity (Wildman–Crippen MR) is 70.7 cm³/mol. The van der Waals surface area contributed by atoms with Crippen LogP contribution in [0.25, 0.3) is 0 Å². The molecule has 0 bridgehead atoms. The molecule has 18 heavy (non-hydrogen) atoms. The Balaban J connectivity index is 2.41. The number of morpholine rings is 1. The van der Waals surface area contributed by atoms with E-state index < -0.39 is 0 Å². The van der Waals surface area contributed by atoms with E-state index in [0.717, 1.165) is 12.8 Å². The zero-order chi connectivity index (χ0) is 13.6. The maximum atomic E-state index is 12.1. The molecule has 1 aliphatic rings. The molecule has 0 aromatic carbocycles. The third-order valence-corrected chi connectivity index (χ3v) is 3.50. The Morgan fingerprint density at radius 2 is 2.33 bits per heavy atom. The van der Waals surface area contributed by atoms with Crippen LogP contribution in [0.5, 0.6) is 0 Å². The molecule has 0 saturated carbocycles. The van der Waals surface area contributed by atoms with Crippen LogP contribution in [0.1, 0.15) is 33.6 Å². The van der Waals surface area contributed by atoms with Crippen molar-refractivity contribution in [3.63, 3.8) is 0 Å². The van der Waals surface area contributed by atoms with Gasteiger partial charge in [0.05, 0.1) is 18.8 Å². The quantitative estimate of drug-likeness (QED) is 0.815. The van der Waals surface area contributed by atoms with E-state index in [4.69, 9.17) is 9.47 Å². The van der Waals surface area contributed by atoms with Crippen molar-refractivity contribution in [1.29, 1.82) is 0 Å². The van der Waals surface area contributed by atoms with Gasteiger partial charge in [-0.25, -0.2) is 4.79 Å². The van der Waals surface area contributed by atoms with Gasteiger partial charge in [-0.1, -0.05) is 6.92 Å². The van der Waals surface area contributed by atoms with E-state index in [1.807, 2.05) is 11.8 Å². The lowest BCUT2D eigenvalue weighted by molar-refractivity contribution is -0.0874. The molecule has 1 heterocycles. The second-order valence-corrected chi connectivity index (χ2v) is 5.21. The molecule has 2 atom stereocenters. The van der Waals surface area contributed by atoms with Gasteiger partial charge in [0.15, 0.2) is 0 Å². The Kier molecular flexibility index (Phi) is 5.88. The van der Waals surface area contributed by atoms with E-state index in [1.54, 1.807) is 7.11 Å². The first-order chi connectivity index (χ1) is 8.50.